The lowest BCUT2D eigenvalue weighted by atomic mass is 10.1. The van der Waals surface area contributed by atoms with E-state index < -0.39 is 0 Å². The predicted molar refractivity (Wildman–Crippen MR) is 60.2 cm³/mol. The first-order valence-corrected chi connectivity index (χ1v) is 5.06. The van der Waals surface area contributed by atoms with Crippen molar-refractivity contribution in [3.05, 3.63) is 35.9 Å². The van der Waals surface area contributed by atoms with Gasteiger partial charge in [0.15, 0.2) is 0 Å². The average molecular weight is 193 g/mol. The van der Waals surface area contributed by atoms with Gasteiger partial charge in [-0.05, 0) is 12.0 Å². The normalized spacial score (nSPS) is 11.1. The zero-order valence-electron chi connectivity index (χ0n) is 8.94. The molecule has 2 nitrogen and oxygen atoms in total. The molecule has 0 spiro atoms. The van der Waals surface area contributed by atoms with Crippen molar-refractivity contribution >= 4 is 6.29 Å². The quantitative estimate of drug-likeness (QED) is 0.745. The van der Waals surface area contributed by atoms with E-state index in [0.29, 0.717) is 6.42 Å². The number of nitrogens with two attached hydrogens (primary N) is 1. The van der Waals surface area contributed by atoms with Gasteiger partial charge in [-0.15, -0.1) is 0 Å². The molecule has 0 heterocycles. The molecule has 1 unspecified atom stereocenters. The molecule has 0 fully saturated rings. The maximum absolute atomic E-state index is 10.1. The lowest BCUT2D eigenvalue weighted by molar-refractivity contribution is -0.108. The molecule has 0 bridgehead atoms. The summed E-state index contributed by atoms with van der Waals surface area (Å²) in [7, 11) is 0. The van der Waals surface area contributed by atoms with E-state index in [4.69, 9.17) is 5.73 Å². The highest BCUT2D eigenvalue weighted by Gasteiger charge is 2.01. The van der Waals surface area contributed by atoms with Crippen LogP contribution in [0.15, 0.2) is 30.3 Å². The summed E-state index contributed by atoms with van der Waals surface area (Å²) in [6.07, 6.45) is 2.09. The Kier molecular flexibility index (Phi) is 7.75. The molecule has 0 saturated heterocycles. The number of carbonyl (C=O) groups is 1. The molecule has 1 aromatic carbocycles. The van der Waals surface area contributed by atoms with E-state index in [0.717, 1.165) is 12.7 Å². The van der Waals surface area contributed by atoms with Crippen molar-refractivity contribution in [3.8, 4) is 0 Å². The third-order valence-electron chi connectivity index (χ3n) is 1.74. The molecule has 0 radical (unpaired) electrons. The van der Waals surface area contributed by atoms with Crippen molar-refractivity contribution in [1.29, 1.82) is 0 Å². The fourth-order valence-corrected chi connectivity index (χ4v) is 1.12. The van der Waals surface area contributed by atoms with Crippen molar-refractivity contribution < 1.29 is 4.79 Å². The van der Waals surface area contributed by atoms with Crippen molar-refractivity contribution in [2.24, 2.45) is 5.73 Å². The molecule has 0 amide bonds. The predicted octanol–water partition coefficient (Wildman–Crippen LogP) is 2.17. The lowest BCUT2D eigenvalue weighted by Gasteiger charge is -2.06. The Hall–Kier alpha value is -1.15. The fourth-order valence-electron chi connectivity index (χ4n) is 1.12. The van der Waals surface area contributed by atoms with Gasteiger partial charge in [0.05, 0.1) is 0 Å². The molecule has 2 heteroatoms. The van der Waals surface area contributed by atoms with Gasteiger partial charge in [-0.1, -0.05) is 44.2 Å². The van der Waals surface area contributed by atoms with Gasteiger partial charge in [0.1, 0.15) is 6.29 Å². The van der Waals surface area contributed by atoms with Gasteiger partial charge in [-0.2, -0.15) is 0 Å². The second kappa shape index (κ2) is 8.45. The summed E-state index contributed by atoms with van der Waals surface area (Å²) < 4.78 is 0. The minimum atomic E-state index is -0.0371. The fraction of sp³-hybridized carbons (Fsp3) is 0.417. The molecule has 0 aliphatic rings. The van der Waals surface area contributed by atoms with Gasteiger partial charge >= 0.3 is 0 Å². The summed E-state index contributed by atoms with van der Waals surface area (Å²) >= 11 is 0. The van der Waals surface area contributed by atoms with Crippen molar-refractivity contribution in [1.82, 2.24) is 0 Å². The van der Waals surface area contributed by atoms with Crippen molar-refractivity contribution in [2.45, 2.75) is 32.7 Å². The summed E-state index contributed by atoms with van der Waals surface area (Å²) in [5.74, 6) is 0. The Balaban J connectivity index is 0.000000791. The lowest BCUT2D eigenvalue weighted by Crippen LogP contribution is -2.22. The van der Waals surface area contributed by atoms with E-state index in [1.807, 2.05) is 44.2 Å². The van der Waals surface area contributed by atoms with Crippen LogP contribution in [0.2, 0.25) is 0 Å². The standard InChI is InChI=1S/C10H13NO.C2H6/c11-10(6-7-12)8-9-4-2-1-3-5-9;1-2/h1-5,7,10H,6,8,11H2;1-2H3. The zero-order chi connectivity index (χ0) is 10.8. The molecule has 0 aliphatic heterocycles. The first-order chi connectivity index (χ1) is 6.83. The van der Waals surface area contributed by atoms with Crippen LogP contribution < -0.4 is 5.73 Å². The Morgan fingerprint density at radius 2 is 1.86 bits per heavy atom. The van der Waals surface area contributed by atoms with E-state index in [2.05, 4.69) is 0 Å². The minimum absolute atomic E-state index is 0.0371. The van der Waals surface area contributed by atoms with Gasteiger partial charge in [-0.3, -0.25) is 0 Å². The molecule has 0 saturated carbocycles. The number of aldehydes is 1. The number of hydrogen-bond donors (Lipinski definition) is 1. The molecule has 1 rings (SSSR count). The van der Waals surface area contributed by atoms with Gasteiger partial charge in [0, 0.05) is 12.5 Å². The van der Waals surface area contributed by atoms with E-state index >= 15 is 0 Å². The van der Waals surface area contributed by atoms with Crippen LogP contribution in [0.25, 0.3) is 0 Å². The zero-order valence-corrected chi connectivity index (χ0v) is 8.94. The Bertz CT molecular complexity index is 233. The summed E-state index contributed by atoms with van der Waals surface area (Å²) in [5.41, 5.74) is 6.87. The Morgan fingerprint density at radius 3 is 2.36 bits per heavy atom. The topological polar surface area (TPSA) is 43.1 Å². The summed E-state index contributed by atoms with van der Waals surface area (Å²) in [6, 6.07) is 9.92. The molecule has 0 aromatic heterocycles. The largest absolute Gasteiger partial charge is 0.327 e. The van der Waals surface area contributed by atoms with Crippen LogP contribution in [-0.4, -0.2) is 12.3 Å². The van der Waals surface area contributed by atoms with Crippen molar-refractivity contribution in [3.63, 3.8) is 0 Å². The third kappa shape index (κ3) is 5.49. The number of benzene rings is 1. The summed E-state index contributed by atoms with van der Waals surface area (Å²) in [4.78, 5) is 10.1. The number of carbonyl (C=O) groups excluding carboxylic acids is 1. The molecular weight excluding hydrogens is 174 g/mol. The van der Waals surface area contributed by atoms with Crippen LogP contribution >= 0.6 is 0 Å². The van der Waals surface area contributed by atoms with Gasteiger partial charge in [0.2, 0.25) is 0 Å². The minimum Gasteiger partial charge on any atom is -0.327 e. The van der Waals surface area contributed by atoms with Gasteiger partial charge in [-0.25, -0.2) is 0 Å². The van der Waals surface area contributed by atoms with Crippen LogP contribution in [0.4, 0.5) is 0 Å². The van der Waals surface area contributed by atoms with E-state index in [9.17, 15) is 4.79 Å². The summed E-state index contributed by atoms with van der Waals surface area (Å²) in [5, 5.41) is 0. The van der Waals surface area contributed by atoms with Crippen LogP contribution in [0, 0.1) is 0 Å². The van der Waals surface area contributed by atoms with E-state index in [1.165, 1.54) is 5.56 Å². The first kappa shape index (κ1) is 12.8. The monoisotopic (exact) mass is 193 g/mol. The van der Waals surface area contributed by atoms with Crippen LogP contribution in [0.3, 0.4) is 0 Å². The smallest absolute Gasteiger partial charge is 0.121 e. The van der Waals surface area contributed by atoms with Crippen LogP contribution in [0.1, 0.15) is 25.8 Å². The number of rotatable bonds is 4. The first-order valence-electron chi connectivity index (χ1n) is 5.06. The second-order valence-electron chi connectivity index (χ2n) is 2.85. The molecule has 0 aliphatic carbocycles. The summed E-state index contributed by atoms with van der Waals surface area (Å²) in [6.45, 7) is 4.00. The SMILES string of the molecule is CC.NC(CC=O)Cc1ccccc1. The van der Waals surface area contributed by atoms with Gasteiger partial charge in [0.25, 0.3) is 0 Å². The maximum atomic E-state index is 10.1. The van der Waals surface area contributed by atoms with Crippen LogP contribution in [0.5, 0.6) is 0 Å². The maximum Gasteiger partial charge on any atom is 0.121 e. The van der Waals surface area contributed by atoms with Crippen molar-refractivity contribution in [2.75, 3.05) is 0 Å². The van der Waals surface area contributed by atoms with E-state index in [1.54, 1.807) is 0 Å². The van der Waals surface area contributed by atoms with Gasteiger partial charge < -0.3 is 10.5 Å². The molecule has 14 heavy (non-hydrogen) atoms. The molecule has 1 atom stereocenters. The molecular formula is C12H19NO. The third-order valence-corrected chi connectivity index (χ3v) is 1.74. The highest BCUT2D eigenvalue weighted by molar-refractivity contribution is 5.50. The molecule has 1 aromatic rings. The molecule has 2 N–H and O–H groups in total. The Labute approximate surface area is 86.1 Å². The Morgan fingerprint density at radius 1 is 1.29 bits per heavy atom. The highest BCUT2D eigenvalue weighted by Crippen LogP contribution is 2.02. The second-order valence-corrected chi connectivity index (χ2v) is 2.85. The number of hydrogen-bond acceptors (Lipinski definition) is 2. The van der Waals surface area contributed by atoms with Crippen LogP contribution in [-0.2, 0) is 11.2 Å². The average Bonchev–Trinajstić information content (AvgIpc) is 2.22. The highest BCUT2D eigenvalue weighted by atomic mass is 16.1. The van der Waals surface area contributed by atoms with E-state index in [-0.39, 0.29) is 6.04 Å². The molecule has 78 valence electrons.